The third-order valence-corrected chi connectivity index (χ3v) is 4.53. The van der Waals surface area contributed by atoms with Crippen LogP contribution >= 0.6 is 0 Å². The van der Waals surface area contributed by atoms with Crippen LogP contribution in [0.5, 0.6) is 0 Å². The summed E-state index contributed by atoms with van der Waals surface area (Å²) in [5.41, 5.74) is 0. The van der Waals surface area contributed by atoms with Crippen molar-refractivity contribution in [1.29, 1.82) is 0 Å². The molecule has 0 aromatic heterocycles. The normalized spacial score (nSPS) is 31.4. The predicted octanol–water partition coefficient (Wildman–Crippen LogP) is 1.66. The number of nitrogens with zero attached hydrogens (tertiary/aromatic N) is 2. The minimum Gasteiger partial charge on any atom is -0.481 e. The second kappa shape index (κ2) is 6.53. The Balaban J connectivity index is 1.80. The number of hydrogen-bond acceptors (Lipinski definition) is 3. The highest BCUT2D eigenvalue weighted by atomic mass is 16.4. The fraction of sp³-hybridized carbons (Fsp3) is 0.929. The van der Waals surface area contributed by atoms with E-state index >= 15 is 0 Å². The average Bonchev–Trinajstić information content (AvgIpc) is 2.64. The van der Waals surface area contributed by atoms with Crippen LogP contribution in [-0.4, -0.2) is 59.6 Å². The fourth-order valence-electron chi connectivity index (χ4n) is 3.43. The first-order chi connectivity index (χ1) is 8.69. The summed E-state index contributed by atoms with van der Waals surface area (Å²) in [7, 11) is 0. The van der Waals surface area contributed by atoms with E-state index in [2.05, 4.69) is 16.7 Å². The summed E-state index contributed by atoms with van der Waals surface area (Å²) in [6.45, 7) is 7.95. The minimum absolute atomic E-state index is 0.351. The molecule has 2 unspecified atom stereocenters. The number of carboxylic acids is 1. The van der Waals surface area contributed by atoms with Crippen molar-refractivity contribution in [2.24, 2.45) is 5.92 Å². The topological polar surface area (TPSA) is 43.8 Å². The van der Waals surface area contributed by atoms with E-state index in [-0.39, 0.29) is 0 Å². The molecule has 0 spiro atoms. The van der Waals surface area contributed by atoms with Gasteiger partial charge >= 0.3 is 5.97 Å². The Morgan fingerprint density at radius 2 is 2.06 bits per heavy atom. The van der Waals surface area contributed by atoms with Gasteiger partial charge in [-0.05, 0) is 57.8 Å². The van der Waals surface area contributed by atoms with Crippen molar-refractivity contribution in [3.05, 3.63) is 0 Å². The fourth-order valence-corrected chi connectivity index (χ4v) is 3.43. The van der Waals surface area contributed by atoms with Gasteiger partial charge in [0.05, 0.1) is 0 Å². The monoisotopic (exact) mass is 254 g/mol. The van der Waals surface area contributed by atoms with E-state index in [1.54, 1.807) is 0 Å². The summed E-state index contributed by atoms with van der Waals surface area (Å²) in [5.74, 6) is -0.257. The summed E-state index contributed by atoms with van der Waals surface area (Å²) in [6.07, 6.45) is 5.26. The van der Waals surface area contributed by atoms with E-state index in [4.69, 9.17) is 5.11 Å². The van der Waals surface area contributed by atoms with Crippen LogP contribution in [-0.2, 0) is 4.79 Å². The van der Waals surface area contributed by atoms with E-state index in [1.165, 1.54) is 32.4 Å². The Labute approximate surface area is 110 Å². The molecular weight excluding hydrogens is 228 g/mol. The Bertz CT molecular complexity index is 283. The van der Waals surface area contributed by atoms with Gasteiger partial charge in [-0.25, -0.2) is 0 Å². The highest BCUT2D eigenvalue weighted by Crippen LogP contribution is 2.26. The summed E-state index contributed by atoms with van der Waals surface area (Å²) >= 11 is 0. The van der Waals surface area contributed by atoms with Gasteiger partial charge in [0, 0.05) is 19.0 Å². The zero-order valence-corrected chi connectivity index (χ0v) is 11.5. The molecule has 2 aliphatic rings. The summed E-state index contributed by atoms with van der Waals surface area (Å²) in [4.78, 5) is 15.8. The summed E-state index contributed by atoms with van der Waals surface area (Å²) in [5, 5.41) is 8.86. The molecule has 104 valence electrons. The van der Waals surface area contributed by atoms with Crippen LogP contribution in [0.15, 0.2) is 0 Å². The van der Waals surface area contributed by atoms with E-state index in [0.29, 0.717) is 18.4 Å². The average molecular weight is 254 g/mol. The number of aliphatic carboxylic acids is 1. The largest absolute Gasteiger partial charge is 0.481 e. The number of carboxylic acid groups (broad SMARTS) is 1. The van der Waals surface area contributed by atoms with Gasteiger partial charge in [0.1, 0.15) is 0 Å². The minimum atomic E-state index is -0.639. The van der Waals surface area contributed by atoms with Gasteiger partial charge < -0.3 is 14.9 Å². The number of rotatable bonds is 4. The molecule has 0 saturated carbocycles. The molecule has 0 bridgehead atoms. The van der Waals surface area contributed by atoms with Crippen LogP contribution in [0.2, 0.25) is 0 Å². The van der Waals surface area contributed by atoms with Crippen molar-refractivity contribution in [2.75, 3.05) is 32.7 Å². The molecule has 0 aliphatic carbocycles. The Kier molecular flexibility index (Phi) is 5.01. The second-order valence-electron chi connectivity index (χ2n) is 5.77. The van der Waals surface area contributed by atoms with Crippen LogP contribution < -0.4 is 0 Å². The molecule has 2 heterocycles. The van der Waals surface area contributed by atoms with Crippen molar-refractivity contribution in [3.8, 4) is 0 Å². The third kappa shape index (κ3) is 3.69. The lowest BCUT2D eigenvalue weighted by Gasteiger charge is -2.26. The summed E-state index contributed by atoms with van der Waals surface area (Å²) < 4.78 is 0. The van der Waals surface area contributed by atoms with Crippen LogP contribution in [0.25, 0.3) is 0 Å². The first-order valence-electron chi connectivity index (χ1n) is 7.37. The highest BCUT2D eigenvalue weighted by Gasteiger charge is 2.30. The van der Waals surface area contributed by atoms with E-state index in [0.717, 1.165) is 26.1 Å². The second-order valence-corrected chi connectivity index (χ2v) is 5.77. The Morgan fingerprint density at radius 1 is 1.22 bits per heavy atom. The van der Waals surface area contributed by atoms with Crippen molar-refractivity contribution in [2.45, 2.75) is 45.1 Å². The van der Waals surface area contributed by atoms with Gasteiger partial charge in [-0.3, -0.25) is 4.79 Å². The zero-order valence-electron chi connectivity index (χ0n) is 11.5. The lowest BCUT2D eigenvalue weighted by Crippen LogP contribution is -2.34. The maximum atomic E-state index is 10.7. The van der Waals surface area contributed by atoms with E-state index < -0.39 is 5.97 Å². The number of likely N-dealkylation sites (tertiary alicyclic amines) is 2. The summed E-state index contributed by atoms with van der Waals surface area (Å²) in [6, 6.07) is 0.695. The maximum absolute atomic E-state index is 10.7. The van der Waals surface area contributed by atoms with Crippen LogP contribution in [0.3, 0.4) is 0 Å². The van der Waals surface area contributed by atoms with E-state index in [1.807, 2.05) is 0 Å². The van der Waals surface area contributed by atoms with Gasteiger partial charge in [0.2, 0.25) is 0 Å². The third-order valence-electron chi connectivity index (χ3n) is 4.53. The first-order valence-corrected chi connectivity index (χ1v) is 7.37. The Morgan fingerprint density at radius 3 is 2.78 bits per heavy atom. The lowest BCUT2D eigenvalue weighted by molar-refractivity contribution is -0.138. The first kappa shape index (κ1) is 13.8. The molecule has 0 amide bonds. The van der Waals surface area contributed by atoms with E-state index in [9.17, 15) is 4.79 Å². The molecule has 2 saturated heterocycles. The smallest absolute Gasteiger partial charge is 0.303 e. The van der Waals surface area contributed by atoms with Crippen molar-refractivity contribution in [3.63, 3.8) is 0 Å². The van der Waals surface area contributed by atoms with Crippen molar-refractivity contribution in [1.82, 2.24) is 9.80 Å². The number of hydrogen-bond donors (Lipinski definition) is 1. The molecule has 0 aromatic carbocycles. The molecule has 2 fully saturated rings. The molecule has 0 aromatic rings. The molecule has 18 heavy (non-hydrogen) atoms. The standard InChI is InChI=1S/C14H26N2O2/c1-2-15-7-3-4-13(6-8-15)16-9-5-12(11-16)10-14(17)18/h12-13H,2-11H2,1H3,(H,17,18). The highest BCUT2D eigenvalue weighted by molar-refractivity contribution is 5.67. The van der Waals surface area contributed by atoms with Crippen molar-refractivity contribution < 1.29 is 9.90 Å². The van der Waals surface area contributed by atoms with Crippen LogP contribution in [0.1, 0.15) is 39.0 Å². The van der Waals surface area contributed by atoms with Gasteiger partial charge in [-0.1, -0.05) is 6.92 Å². The lowest BCUT2D eigenvalue weighted by atomic mass is 10.1. The van der Waals surface area contributed by atoms with Gasteiger partial charge in [0.25, 0.3) is 0 Å². The van der Waals surface area contributed by atoms with Crippen molar-refractivity contribution >= 4 is 5.97 Å². The predicted molar refractivity (Wildman–Crippen MR) is 71.7 cm³/mol. The zero-order chi connectivity index (χ0) is 13.0. The molecule has 2 aliphatic heterocycles. The molecule has 4 heteroatoms. The van der Waals surface area contributed by atoms with Gasteiger partial charge in [-0.15, -0.1) is 0 Å². The number of carbonyl (C=O) groups is 1. The van der Waals surface area contributed by atoms with Crippen LogP contribution in [0, 0.1) is 5.92 Å². The van der Waals surface area contributed by atoms with Gasteiger partial charge in [-0.2, -0.15) is 0 Å². The molecule has 0 radical (unpaired) electrons. The SMILES string of the molecule is CCN1CCCC(N2CCC(CC(=O)O)C2)CC1. The molecule has 4 nitrogen and oxygen atoms in total. The maximum Gasteiger partial charge on any atom is 0.303 e. The molecule has 2 atom stereocenters. The Hall–Kier alpha value is -0.610. The van der Waals surface area contributed by atoms with Gasteiger partial charge in [0.15, 0.2) is 0 Å². The molecule has 2 rings (SSSR count). The molecule has 1 N–H and O–H groups in total. The molecular formula is C14H26N2O2. The van der Waals surface area contributed by atoms with Crippen LogP contribution in [0.4, 0.5) is 0 Å². The quantitative estimate of drug-likeness (QED) is 0.828.